The molecule has 4 amide bonds. The Morgan fingerprint density at radius 1 is 1.19 bits per heavy atom. The van der Waals surface area contributed by atoms with Gasteiger partial charge in [0.2, 0.25) is 17.7 Å². The van der Waals surface area contributed by atoms with Gasteiger partial charge in [-0.1, -0.05) is 12.1 Å². The number of nitrogens with zero attached hydrogens (tertiary/aromatic N) is 2. The van der Waals surface area contributed by atoms with Gasteiger partial charge in [0.15, 0.2) is 0 Å². The van der Waals surface area contributed by atoms with E-state index >= 15 is 0 Å². The van der Waals surface area contributed by atoms with Crippen molar-refractivity contribution in [2.75, 3.05) is 19.7 Å². The van der Waals surface area contributed by atoms with Crippen molar-refractivity contribution < 1.29 is 23.9 Å². The third-order valence-electron chi connectivity index (χ3n) is 6.40. The number of aromatic nitrogens is 2. The molecule has 0 fully saturated rings. The van der Waals surface area contributed by atoms with Gasteiger partial charge in [-0.05, 0) is 57.7 Å². The van der Waals surface area contributed by atoms with Gasteiger partial charge in [0.05, 0.1) is 17.9 Å². The van der Waals surface area contributed by atoms with E-state index in [4.69, 9.17) is 4.74 Å². The van der Waals surface area contributed by atoms with Crippen molar-refractivity contribution in [3.8, 4) is 5.75 Å². The maximum atomic E-state index is 13.1. The summed E-state index contributed by atoms with van der Waals surface area (Å²) in [4.78, 5) is 51.0. The van der Waals surface area contributed by atoms with Crippen LogP contribution in [0.5, 0.6) is 5.75 Å². The third-order valence-corrected chi connectivity index (χ3v) is 6.40. The van der Waals surface area contributed by atoms with Crippen LogP contribution in [0.3, 0.4) is 0 Å². The predicted octanol–water partition coefficient (Wildman–Crippen LogP) is 0.678. The fourth-order valence-corrected chi connectivity index (χ4v) is 4.17. The Balaban J connectivity index is 1.74. The van der Waals surface area contributed by atoms with Gasteiger partial charge in [0.1, 0.15) is 17.8 Å². The van der Waals surface area contributed by atoms with Crippen molar-refractivity contribution in [2.45, 2.75) is 58.5 Å². The molecule has 37 heavy (non-hydrogen) atoms. The van der Waals surface area contributed by atoms with Crippen molar-refractivity contribution in [1.82, 2.24) is 31.0 Å². The van der Waals surface area contributed by atoms with Crippen LogP contribution in [0, 0.1) is 13.8 Å². The Morgan fingerprint density at radius 3 is 2.68 bits per heavy atom. The molecule has 0 aliphatic carbocycles. The summed E-state index contributed by atoms with van der Waals surface area (Å²) in [7, 11) is 1.87. The lowest BCUT2D eigenvalue weighted by atomic mass is 10.1. The highest BCUT2D eigenvalue weighted by molar-refractivity contribution is 5.99. The van der Waals surface area contributed by atoms with Crippen LogP contribution in [0.2, 0.25) is 0 Å². The standard InChI is InChI=1S/C26H36N6O5/c1-16-19(18(3)32(4)31-16)12-14-28-26(36)21-10-11-23(33)29-17(2)24(34)27-13-7-15-37-22-9-6-5-8-20(22)25(35)30-21/h5-6,8-9,17,21H,7,10-15H2,1-4H3,(H,27,34)(H,28,36)(H,29,33)(H,30,35)/t17?,21-/m0/s1. The van der Waals surface area contributed by atoms with Crippen molar-refractivity contribution in [2.24, 2.45) is 7.05 Å². The number of rotatable bonds is 4. The van der Waals surface area contributed by atoms with Gasteiger partial charge < -0.3 is 26.0 Å². The number of nitrogens with one attached hydrogen (secondary N) is 4. The first kappa shape index (κ1) is 27.7. The first-order chi connectivity index (χ1) is 17.7. The van der Waals surface area contributed by atoms with E-state index in [9.17, 15) is 19.2 Å². The number of benzene rings is 1. The normalized spacial score (nSPS) is 19.6. The van der Waals surface area contributed by atoms with Crippen LogP contribution in [-0.4, -0.2) is 65.2 Å². The van der Waals surface area contributed by atoms with Crippen molar-refractivity contribution in [3.05, 3.63) is 46.8 Å². The van der Waals surface area contributed by atoms with Crippen molar-refractivity contribution in [1.29, 1.82) is 0 Å². The molecule has 1 unspecified atom stereocenters. The molecule has 4 N–H and O–H groups in total. The smallest absolute Gasteiger partial charge is 0.255 e. The Hall–Kier alpha value is -3.89. The van der Waals surface area contributed by atoms with Gasteiger partial charge in [-0.2, -0.15) is 5.10 Å². The molecule has 3 rings (SSSR count). The molecular weight excluding hydrogens is 476 g/mol. The molecule has 0 saturated carbocycles. The highest BCUT2D eigenvalue weighted by Gasteiger charge is 2.25. The highest BCUT2D eigenvalue weighted by Crippen LogP contribution is 2.19. The van der Waals surface area contributed by atoms with Gasteiger partial charge in [-0.25, -0.2) is 0 Å². The van der Waals surface area contributed by atoms with Gasteiger partial charge in [-0.3, -0.25) is 23.9 Å². The SMILES string of the molecule is Cc1nn(C)c(C)c1CCNC(=O)[C@@H]1CCC(=O)NC(C)C(=O)NCCCOc2ccccc2C(=O)N1. The zero-order valence-corrected chi connectivity index (χ0v) is 21.8. The quantitative estimate of drug-likeness (QED) is 0.474. The number of carbonyl (C=O) groups is 4. The van der Waals surface area contributed by atoms with E-state index in [2.05, 4.69) is 26.4 Å². The molecule has 0 saturated heterocycles. The lowest BCUT2D eigenvalue weighted by Gasteiger charge is -2.21. The summed E-state index contributed by atoms with van der Waals surface area (Å²) in [5.74, 6) is -1.17. The summed E-state index contributed by atoms with van der Waals surface area (Å²) in [6.07, 6.45) is 1.12. The minimum atomic E-state index is -0.959. The number of amides is 4. The summed E-state index contributed by atoms with van der Waals surface area (Å²) >= 11 is 0. The van der Waals surface area contributed by atoms with Crippen LogP contribution in [0.25, 0.3) is 0 Å². The summed E-state index contributed by atoms with van der Waals surface area (Å²) in [6.45, 7) is 6.49. The first-order valence-electron chi connectivity index (χ1n) is 12.5. The minimum Gasteiger partial charge on any atom is -0.493 e. The lowest BCUT2D eigenvalue weighted by Crippen LogP contribution is -2.49. The average Bonchev–Trinajstić information content (AvgIpc) is 3.11. The van der Waals surface area contributed by atoms with Crippen molar-refractivity contribution in [3.63, 3.8) is 0 Å². The summed E-state index contributed by atoms with van der Waals surface area (Å²) in [6, 6.07) is 5.08. The number of aryl methyl sites for hydroxylation is 2. The van der Waals surface area contributed by atoms with Gasteiger partial charge in [0, 0.05) is 32.3 Å². The minimum absolute atomic E-state index is 0.0467. The summed E-state index contributed by atoms with van der Waals surface area (Å²) < 4.78 is 7.58. The van der Waals surface area contributed by atoms with Crippen LogP contribution in [0.15, 0.2) is 24.3 Å². The number of fused-ring (bicyclic) bond motifs is 1. The number of hydrogen-bond donors (Lipinski definition) is 4. The van der Waals surface area contributed by atoms with Crippen LogP contribution < -0.4 is 26.0 Å². The largest absolute Gasteiger partial charge is 0.493 e. The van der Waals surface area contributed by atoms with E-state index in [0.29, 0.717) is 31.7 Å². The maximum Gasteiger partial charge on any atom is 0.255 e. The van der Waals surface area contributed by atoms with Crippen LogP contribution in [0.1, 0.15) is 53.5 Å². The summed E-state index contributed by atoms with van der Waals surface area (Å²) in [5, 5.41) is 15.4. The third kappa shape index (κ3) is 7.55. The van der Waals surface area contributed by atoms with E-state index in [0.717, 1.165) is 17.0 Å². The van der Waals surface area contributed by atoms with E-state index in [-0.39, 0.29) is 36.8 Å². The van der Waals surface area contributed by atoms with E-state index in [1.807, 2.05) is 20.9 Å². The fraction of sp³-hybridized carbons (Fsp3) is 0.500. The number of ether oxygens (including phenoxy) is 1. The van der Waals surface area contributed by atoms with Crippen LogP contribution >= 0.6 is 0 Å². The molecule has 2 heterocycles. The Bertz CT molecular complexity index is 1140. The number of carbonyl (C=O) groups excluding carboxylic acids is 4. The zero-order chi connectivity index (χ0) is 26.9. The van der Waals surface area contributed by atoms with E-state index in [1.54, 1.807) is 35.9 Å². The van der Waals surface area contributed by atoms with Gasteiger partial charge >= 0.3 is 0 Å². The molecule has 11 heteroatoms. The van der Waals surface area contributed by atoms with Crippen LogP contribution in [0.4, 0.5) is 0 Å². The molecule has 0 bridgehead atoms. The first-order valence-corrected chi connectivity index (χ1v) is 12.5. The Kier molecular flexibility index (Phi) is 9.64. The molecule has 2 aromatic rings. The van der Waals surface area contributed by atoms with E-state index in [1.165, 1.54) is 0 Å². The molecule has 1 aliphatic rings. The zero-order valence-electron chi connectivity index (χ0n) is 21.8. The van der Waals surface area contributed by atoms with E-state index < -0.39 is 23.9 Å². The topological polar surface area (TPSA) is 143 Å². The van der Waals surface area contributed by atoms with Crippen molar-refractivity contribution >= 4 is 23.6 Å². The van der Waals surface area contributed by atoms with Crippen LogP contribution in [-0.2, 0) is 27.9 Å². The second-order valence-corrected chi connectivity index (χ2v) is 9.16. The van der Waals surface area contributed by atoms with Gasteiger partial charge in [-0.15, -0.1) is 0 Å². The second kappa shape index (κ2) is 12.9. The lowest BCUT2D eigenvalue weighted by molar-refractivity contribution is -0.129. The van der Waals surface area contributed by atoms with Gasteiger partial charge in [0.25, 0.3) is 5.91 Å². The highest BCUT2D eigenvalue weighted by atomic mass is 16.5. The second-order valence-electron chi connectivity index (χ2n) is 9.16. The molecule has 1 aromatic heterocycles. The maximum absolute atomic E-state index is 13.1. The number of para-hydroxylation sites is 1. The Morgan fingerprint density at radius 2 is 1.95 bits per heavy atom. The molecule has 0 spiro atoms. The fourth-order valence-electron chi connectivity index (χ4n) is 4.17. The molecular formula is C26H36N6O5. The molecule has 11 nitrogen and oxygen atoms in total. The molecule has 200 valence electrons. The number of hydrogen-bond acceptors (Lipinski definition) is 6. The molecule has 2 atom stereocenters. The average molecular weight is 513 g/mol. The molecule has 1 aliphatic heterocycles. The molecule has 1 aromatic carbocycles. The monoisotopic (exact) mass is 512 g/mol. The Labute approximate surface area is 216 Å². The predicted molar refractivity (Wildman–Crippen MR) is 137 cm³/mol. The molecule has 0 radical (unpaired) electrons. The summed E-state index contributed by atoms with van der Waals surface area (Å²) in [5.41, 5.74) is 3.27.